The van der Waals surface area contributed by atoms with E-state index in [-0.39, 0.29) is 24.4 Å². The summed E-state index contributed by atoms with van der Waals surface area (Å²) in [7, 11) is 1.33. The van der Waals surface area contributed by atoms with E-state index in [1.165, 1.54) is 29.8 Å². The Hall–Kier alpha value is -2.71. The normalized spacial score (nSPS) is 11.9. The fourth-order valence-corrected chi connectivity index (χ4v) is 4.24. The molecule has 0 aliphatic heterocycles. The fraction of sp³-hybridized carbons (Fsp3) is 0.286. The number of methoxy groups -OCH3 is 1. The van der Waals surface area contributed by atoms with Gasteiger partial charge in [-0.05, 0) is 49.6 Å². The summed E-state index contributed by atoms with van der Waals surface area (Å²) in [6, 6.07) is 10.9. The molecule has 1 N–H and O–H groups in total. The molecule has 1 aromatic carbocycles. The summed E-state index contributed by atoms with van der Waals surface area (Å²) in [6.45, 7) is 3.95. The lowest BCUT2D eigenvalue weighted by Gasteiger charge is -2.15. The zero-order chi connectivity index (χ0) is 20.8. The van der Waals surface area contributed by atoms with Gasteiger partial charge in [-0.25, -0.2) is 4.98 Å². The predicted octanol–water partition coefficient (Wildman–Crippen LogP) is 4.69. The molecule has 152 valence electrons. The maximum Gasteiger partial charge on any atom is 0.307 e. The van der Waals surface area contributed by atoms with Crippen LogP contribution in [0.2, 0.25) is 0 Å². The maximum absolute atomic E-state index is 12.7. The van der Waals surface area contributed by atoms with Crippen molar-refractivity contribution in [3.63, 3.8) is 0 Å². The van der Waals surface area contributed by atoms with Crippen LogP contribution >= 0.6 is 22.7 Å². The van der Waals surface area contributed by atoms with Crippen LogP contribution in [-0.2, 0) is 9.53 Å². The lowest BCUT2D eigenvalue weighted by molar-refractivity contribution is -0.141. The molecule has 0 saturated heterocycles. The fourth-order valence-electron chi connectivity index (χ4n) is 2.65. The number of nitrogens with zero attached hydrogens (tertiary/aromatic N) is 1. The first-order valence-corrected chi connectivity index (χ1v) is 10.9. The number of hydrogen-bond donors (Lipinski definition) is 1. The van der Waals surface area contributed by atoms with Crippen molar-refractivity contribution in [2.24, 2.45) is 0 Å². The molecule has 2 aromatic heterocycles. The van der Waals surface area contributed by atoms with Crippen molar-refractivity contribution >= 4 is 34.6 Å². The molecule has 6 nitrogen and oxygen atoms in total. The molecule has 0 bridgehead atoms. The third kappa shape index (κ3) is 5.65. The zero-order valence-electron chi connectivity index (χ0n) is 16.4. The average Bonchev–Trinajstić information content (AvgIpc) is 3.39. The van der Waals surface area contributed by atoms with Crippen LogP contribution in [0.5, 0.6) is 5.75 Å². The number of benzene rings is 1. The SMILES string of the molecule is COC(=O)CC(NC(=O)c1csc(-c2ccc(OC(C)C)cc2)n1)c1cccs1. The van der Waals surface area contributed by atoms with Crippen LogP contribution in [0.4, 0.5) is 0 Å². The van der Waals surface area contributed by atoms with Crippen LogP contribution in [0.3, 0.4) is 0 Å². The molecule has 1 atom stereocenters. The number of amides is 1. The van der Waals surface area contributed by atoms with Crippen LogP contribution in [0.25, 0.3) is 10.6 Å². The van der Waals surface area contributed by atoms with Crippen LogP contribution in [0.1, 0.15) is 41.7 Å². The van der Waals surface area contributed by atoms with Gasteiger partial charge in [0.25, 0.3) is 5.91 Å². The summed E-state index contributed by atoms with van der Waals surface area (Å²) < 4.78 is 10.4. The second-order valence-electron chi connectivity index (χ2n) is 6.55. The van der Waals surface area contributed by atoms with Gasteiger partial charge in [0, 0.05) is 15.8 Å². The third-order valence-electron chi connectivity index (χ3n) is 4.00. The minimum absolute atomic E-state index is 0.0665. The first-order valence-electron chi connectivity index (χ1n) is 9.10. The van der Waals surface area contributed by atoms with Gasteiger partial charge in [0.1, 0.15) is 16.5 Å². The highest BCUT2D eigenvalue weighted by atomic mass is 32.1. The third-order valence-corrected chi connectivity index (χ3v) is 5.88. The van der Waals surface area contributed by atoms with Crippen molar-refractivity contribution < 1.29 is 19.1 Å². The van der Waals surface area contributed by atoms with E-state index in [4.69, 9.17) is 9.47 Å². The highest BCUT2D eigenvalue weighted by molar-refractivity contribution is 7.13. The van der Waals surface area contributed by atoms with Gasteiger partial charge in [-0.3, -0.25) is 9.59 Å². The highest BCUT2D eigenvalue weighted by Crippen LogP contribution is 2.27. The van der Waals surface area contributed by atoms with Crippen LogP contribution in [-0.4, -0.2) is 30.1 Å². The quantitative estimate of drug-likeness (QED) is 0.525. The van der Waals surface area contributed by atoms with Gasteiger partial charge in [0.05, 0.1) is 25.7 Å². The Labute approximate surface area is 177 Å². The maximum atomic E-state index is 12.7. The number of rotatable bonds is 8. The molecule has 0 aliphatic rings. The first-order chi connectivity index (χ1) is 14.0. The topological polar surface area (TPSA) is 77.5 Å². The van der Waals surface area contributed by atoms with E-state index in [1.54, 1.807) is 5.38 Å². The summed E-state index contributed by atoms with van der Waals surface area (Å²) >= 11 is 2.87. The van der Waals surface area contributed by atoms with Crippen LogP contribution in [0, 0.1) is 0 Å². The molecule has 2 heterocycles. The molecule has 8 heteroatoms. The molecular formula is C21H22N2O4S2. The van der Waals surface area contributed by atoms with Gasteiger partial charge >= 0.3 is 5.97 Å². The number of hydrogen-bond acceptors (Lipinski definition) is 7. The second kappa shape index (κ2) is 9.67. The first kappa shape index (κ1) is 21.0. The molecule has 0 spiro atoms. The van der Waals surface area contributed by atoms with Gasteiger partial charge in [-0.1, -0.05) is 6.07 Å². The standard InChI is InChI=1S/C21H22N2O4S2/c1-13(2)27-15-8-6-14(7-9-15)21-23-17(12-29-21)20(25)22-16(11-19(24)26-3)18-5-4-10-28-18/h4-10,12-13,16H,11H2,1-3H3,(H,22,25). The summed E-state index contributed by atoms with van der Waals surface area (Å²) in [5, 5.41) is 7.25. The van der Waals surface area contributed by atoms with E-state index in [2.05, 4.69) is 10.3 Å². The Morgan fingerprint density at radius 2 is 1.90 bits per heavy atom. The van der Waals surface area contributed by atoms with Gasteiger partial charge in [0.15, 0.2) is 0 Å². The van der Waals surface area contributed by atoms with Crippen molar-refractivity contribution in [2.45, 2.75) is 32.4 Å². The Morgan fingerprint density at radius 1 is 1.14 bits per heavy atom. The van der Waals surface area contributed by atoms with Gasteiger partial charge < -0.3 is 14.8 Å². The number of thiophene rings is 1. The molecule has 0 fully saturated rings. The molecular weight excluding hydrogens is 408 g/mol. The molecule has 1 unspecified atom stereocenters. The monoisotopic (exact) mass is 430 g/mol. The number of thiazole rings is 1. The second-order valence-corrected chi connectivity index (χ2v) is 8.39. The summed E-state index contributed by atoms with van der Waals surface area (Å²) in [5.74, 6) is 0.0841. The van der Waals surface area contributed by atoms with E-state index >= 15 is 0 Å². The summed E-state index contributed by atoms with van der Waals surface area (Å²) in [6.07, 6.45) is 0.175. The van der Waals surface area contributed by atoms with Gasteiger partial charge in [0.2, 0.25) is 0 Å². The van der Waals surface area contributed by atoms with E-state index < -0.39 is 6.04 Å². The number of carbonyl (C=O) groups excluding carboxylic acids is 2. The average molecular weight is 431 g/mol. The lowest BCUT2D eigenvalue weighted by atomic mass is 10.1. The summed E-state index contributed by atoms with van der Waals surface area (Å²) in [4.78, 5) is 29.8. The van der Waals surface area contributed by atoms with Crippen molar-refractivity contribution in [2.75, 3.05) is 7.11 Å². The van der Waals surface area contributed by atoms with Crippen LogP contribution < -0.4 is 10.1 Å². The minimum Gasteiger partial charge on any atom is -0.491 e. The molecule has 0 saturated carbocycles. The number of ether oxygens (including phenoxy) is 2. The van der Waals surface area contributed by atoms with Crippen molar-refractivity contribution in [1.29, 1.82) is 0 Å². The summed E-state index contributed by atoms with van der Waals surface area (Å²) in [5.41, 5.74) is 1.23. The zero-order valence-corrected chi connectivity index (χ0v) is 18.0. The molecule has 29 heavy (non-hydrogen) atoms. The Balaban J connectivity index is 1.71. The largest absolute Gasteiger partial charge is 0.491 e. The molecule has 1 amide bonds. The lowest BCUT2D eigenvalue weighted by Crippen LogP contribution is -2.30. The molecule has 0 radical (unpaired) electrons. The Kier molecular flexibility index (Phi) is 7.00. The molecule has 3 aromatic rings. The predicted molar refractivity (Wildman–Crippen MR) is 114 cm³/mol. The molecule has 3 rings (SSSR count). The smallest absolute Gasteiger partial charge is 0.307 e. The Morgan fingerprint density at radius 3 is 2.52 bits per heavy atom. The number of aromatic nitrogens is 1. The van der Waals surface area contributed by atoms with Gasteiger partial charge in [-0.2, -0.15) is 0 Å². The van der Waals surface area contributed by atoms with Gasteiger partial charge in [-0.15, -0.1) is 22.7 Å². The Bertz CT molecular complexity index is 949. The number of nitrogens with one attached hydrogen (secondary N) is 1. The van der Waals surface area contributed by atoms with Crippen LogP contribution in [0.15, 0.2) is 47.2 Å². The number of carbonyl (C=O) groups is 2. The van der Waals surface area contributed by atoms with E-state index in [9.17, 15) is 9.59 Å². The highest BCUT2D eigenvalue weighted by Gasteiger charge is 2.22. The number of esters is 1. The minimum atomic E-state index is -0.451. The van der Waals surface area contributed by atoms with E-state index in [1.807, 2.05) is 55.6 Å². The van der Waals surface area contributed by atoms with Crippen molar-refractivity contribution in [1.82, 2.24) is 10.3 Å². The van der Waals surface area contributed by atoms with Crippen molar-refractivity contribution in [3.8, 4) is 16.3 Å². The molecule has 0 aliphatic carbocycles. The van der Waals surface area contributed by atoms with Crippen molar-refractivity contribution in [3.05, 3.63) is 57.7 Å². The van der Waals surface area contributed by atoms with E-state index in [0.717, 1.165) is 21.2 Å². The van der Waals surface area contributed by atoms with E-state index in [0.29, 0.717) is 5.69 Å².